The molecule has 0 saturated carbocycles. The molecule has 0 aliphatic carbocycles. The number of amides is 1. The van der Waals surface area contributed by atoms with E-state index in [1.54, 1.807) is 6.07 Å². The summed E-state index contributed by atoms with van der Waals surface area (Å²) in [5.41, 5.74) is 5.03. The molecule has 4 rings (SSSR count). The lowest BCUT2D eigenvalue weighted by atomic mass is 10.0. The van der Waals surface area contributed by atoms with Gasteiger partial charge in [-0.25, -0.2) is 0 Å². The van der Waals surface area contributed by atoms with Crippen LogP contribution in [-0.4, -0.2) is 31.1 Å². The number of piperazine rings is 1. The van der Waals surface area contributed by atoms with Crippen LogP contribution in [0.1, 0.15) is 29.8 Å². The number of halogens is 2. The van der Waals surface area contributed by atoms with Gasteiger partial charge in [-0.15, -0.1) is 0 Å². The molecule has 1 amide bonds. The molecule has 1 heterocycles. The zero-order chi connectivity index (χ0) is 23.6. The highest BCUT2D eigenvalue weighted by atomic mass is 79.9. The van der Waals surface area contributed by atoms with E-state index in [1.165, 1.54) is 0 Å². The molecule has 3 aromatic carbocycles. The number of hydrogen-bond donors (Lipinski definition) is 3. The zero-order valence-corrected chi connectivity index (χ0v) is 21.3. The topological polar surface area (TPSA) is 56.4 Å². The first kappa shape index (κ1) is 23.6. The Kier molecular flexibility index (Phi) is 6.98. The van der Waals surface area contributed by atoms with Gasteiger partial charge in [-0.05, 0) is 84.7 Å². The van der Waals surface area contributed by atoms with Crippen molar-refractivity contribution in [3.63, 3.8) is 0 Å². The average Bonchev–Trinajstić information content (AvgIpc) is 2.76. The molecule has 7 heteroatoms. The predicted molar refractivity (Wildman–Crippen MR) is 142 cm³/mol. The molecule has 1 aliphatic rings. The van der Waals surface area contributed by atoms with Crippen molar-refractivity contribution in [3.8, 4) is 0 Å². The fraction of sp³-hybridized carbons (Fsp3) is 0.269. The molecular weight excluding hydrogens is 500 g/mol. The molecule has 3 aromatic rings. The summed E-state index contributed by atoms with van der Waals surface area (Å²) in [5, 5.41) is 10.6. The van der Waals surface area contributed by atoms with Crippen LogP contribution in [-0.2, 0) is 0 Å². The number of hydrogen-bond acceptors (Lipinski definition) is 4. The number of carbonyl (C=O) groups excluding carboxylic acids is 1. The number of nitrogens with one attached hydrogen (secondary N) is 3. The average molecular weight is 528 g/mol. The maximum atomic E-state index is 13.1. The molecule has 33 heavy (non-hydrogen) atoms. The van der Waals surface area contributed by atoms with Crippen molar-refractivity contribution < 1.29 is 4.79 Å². The molecular formula is C26H28BrClN4O. The number of aryl methyl sites for hydroxylation is 1. The third-order valence-corrected chi connectivity index (χ3v) is 6.78. The van der Waals surface area contributed by atoms with Crippen LogP contribution in [0.25, 0.3) is 0 Å². The van der Waals surface area contributed by atoms with Crippen LogP contribution in [0.5, 0.6) is 0 Å². The lowest BCUT2D eigenvalue weighted by molar-refractivity contribution is 0.102. The van der Waals surface area contributed by atoms with Gasteiger partial charge in [-0.1, -0.05) is 29.8 Å². The van der Waals surface area contributed by atoms with Crippen LogP contribution in [0.4, 0.5) is 22.7 Å². The van der Waals surface area contributed by atoms with Crippen LogP contribution in [0.3, 0.4) is 0 Å². The third-order valence-electron chi connectivity index (χ3n) is 5.74. The molecule has 0 atom stereocenters. The van der Waals surface area contributed by atoms with Crippen LogP contribution in [0.2, 0.25) is 5.02 Å². The first-order valence-electron chi connectivity index (χ1n) is 10.9. The summed E-state index contributed by atoms with van der Waals surface area (Å²) in [7, 11) is 0. The zero-order valence-electron chi connectivity index (χ0n) is 19.0. The van der Waals surface area contributed by atoms with E-state index in [1.807, 2.05) is 55.5 Å². The summed E-state index contributed by atoms with van der Waals surface area (Å²) < 4.78 is 0.957. The predicted octanol–water partition coefficient (Wildman–Crippen LogP) is 6.60. The summed E-state index contributed by atoms with van der Waals surface area (Å²) in [6.45, 7) is 9.17. The number of para-hydroxylation sites is 1. The smallest absolute Gasteiger partial charge is 0.257 e. The largest absolute Gasteiger partial charge is 0.368 e. The van der Waals surface area contributed by atoms with Crippen molar-refractivity contribution >= 4 is 56.2 Å². The minimum atomic E-state index is -0.181. The van der Waals surface area contributed by atoms with Crippen molar-refractivity contribution in [1.29, 1.82) is 0 Å². The second-order valence-corrected chi connectivity index (χ2v) is 10.2. The lowest BCUT2D eigenvalue weighted by Gasteiger charge is -2.40. The van der Waals surface area contributed by atoms with Gasteiger partial charge in [-0.2, -0.15) is 0 Å². The Balaban J connectivity index is 1.51. The summed E-state index contributed by atoms with van der Waals surface area (Å²) in [4.78, 5) is 15.5. The van der Waals surface area contributed by atoms with Gasteiger partial charge in [0.05, 0.1) is 16.9 Å². The number of rotatable bonds is 5. The van der Waals surface area contributed by atoms with Gasteiger partial charge in [-0.3, -0.25) is 4.79 Å². The standard InChI is InChI=1S/C26H28BrClN4O/c1-17-8-9-19(15-22(17)28)30-23-7-5-4-6-20(23)25(33)31-18-10-11-24(21(27)14-18)32-13-12-29-26(2,3)16-32/h4-11,14-15,29-30H,12-13,16H2,1-3H3,(H,31,33). The second-order valence-electron chi connectivity index (χ2n) is 8.99. The molecule has 0 aromatic heterocycles. The first-order valence-corrected chi connectivity index (χ1v) is 12.1. The summed E-state index contributed by atoms with van der Waals surface area (Å²) in [6.07, 6.45) is 0. The Morgan fingerprint density at radius 2 is 1.85 bits per heavy atom. The van der Waals surface area contributed by atoms with Crippen molar-refractivity contribution in [2.24, 2.45) is 0 Å². The van der Waals surface area contributed by atoms with Crippen LogP contribution in [0, 0.1) is 6.92 Å². The SMILES string of the molecule is Cc1ccc(Nc2ccccc2C(=O)Nc2ccc(N3CCNC(C)(C)C3)c(Br)c2)cc1Cl. The van der Waals surface area contributed by atoms with E-state index in [0.29, 0.717) is 16.3 Å². The van der Waals surface area contributed by atoms with E-state index in [-0.39, 0.29) is 11.4 Å². The fourth-order valence-electron chi connectivity index (χ4n) is 4.00. The van der Waals surface area contributed by atoms with E-state index >= 15 is 0 Å². The molecule has 1 aliphatic heterocycles. The highest BCUT2D eigenvalue weighted by Gasteiger charge is 2.26. The summed E-state index contributed by atoms with van der Waals surface area (Å²) in [6, 6.07) is 19.2. The van der Waals surface area contributed by atoms with E-state index < -0.39 is 0 Å². The number of nitrogens with zero attached hydrogens (tertiary/aromatic N) is 1. The molecule has 172 valence electrons. The number of carbonyl (C=O) groups is 1. The maximum absolute atomic E-state index is 13.1. The molecule has 5 nitrogen and oxygen atoms in total. The van der Waals surface area contributed by atoms with Gasteiger partial charge in [0.15, 0.2) is 0 Å². The van der Waals surface area contributed by atoms with Crippen LogP contribution in [0.15, 0.2) is 65.1 Å². The van der Waals surface area contributed by atoms with Crippen LogP contribution >= 0.6 is 27.5 Å². The van der Waals surface area contributed by atoms with Gasteiger partial charge < -0.3 is 20.9 Å². The Hall–Kier alpha value is -2.54. The van der Waals surface area contributed by atoms with E-state index in [0.717, 1.165) is 46.7 Å². The highest BCUT2D eigenvalue weighted by molar-refractivity contribution is 9.10. The fourth-order valence-corrected chi connectivity index (χ4v) is 4.81. The quantitative estimate of drug-likeness (QED) is 0.350. The first-order chi connectivity index (χ1) is 15.7. The Morgan fingerprint density at radius 3 is 2.58 bits per heavy atom. The second kappa shape index (κ2) is 9.75. The van der Waals surface area contributed by atoms with Gasteiger partial charge in [0.25, 0.3) is 5.91 Å². The molecule has 0 spiro atoms. The van der Waals surface area contributed by atoms with Crippen molar-refractivity contribution in [1.82, 2.24) is 5.32 Å². The van der Waals surface area contributed by atoms with Crippen molar-refractivity contribution in [2.45, 2.75) is 26.3 Å². The third kappa shape index (κ3) is 5.69. The number of anilines is 4. The van der Waals surface area contributed by atoms with E-state index in [2.05, 4.69) is 56.7 Å². The van der Waals surface area contributed by atoms with Gasteiger partial charge in [0.1, 0.15) is 0 Å². The Bertz CT molecular complexity index is 1180. The molecule has 0 unspecified atom stereocenters. The Labute approximate surface area is 208 Å². The normalized spacial score (nSPS) is 15.2. The number of benzene rings is 3. The summed E-state index contributed by atoms with van der Waals surface area (Å²) in [5.74, 6) is -0.181. The van der Waals surface area contributed by atoms with Crippen molar-refractivity contribution in [2.75, 3.05) is 35.2 Å². The van der Waals surface area contributed by atoms with E-state index in [4.69, 9.17) is 11.6 Å². The van der Waals surface area contributed by atoms with Gasteiger partial charge >= 0.3 is 0 Å². The Morgan fingerprint density at radius 1 is 1.09 bits per heavy atom. The lowest BCUT2D eigenvalue weighted by Crippen LogP contribution is -2.57. The van der Waals surface area contributed by atoms with Gasteiger partial charge in [0, 0.05) is 46.0 Å². The molecule has 0 radical (unpaired) electrons. The monoisotopic (exact) mass is 526 g/mol. The summed E-state index contributed by atoms with van der Waals surface area (Å²) >= 11 is 9.96. The maximum Gasteiger partial charge on any atom is 0.257 e. The molecule has 1 fully saturated rings. The van der Waals surface area contributed by atoms with Crippen LogP contribution < -0.4 is 20.9 Å². The molecule has 0 bridgehead atoms. The van der Waals surface area contributed by atoms with Crippen molar-refractivity contribution in [3.05, 3.63) is 81.3 Å². The minimum Gasteiger partial charge on any atom is -0.368 e. The van der Waals surface area contributed by atoms with Gasteiger partial charge in [0.2, 0.25) is 0 Å². The highest BCUT2D eigenvalue weighted by Crippen LogP contribution is 2.32. The molecule has 3 N–H and O–H groups in total. The minimum absolute atomic E-state index is 0.0585. The molecule has 1 saturated heterocycles. The van der Waals surface area contributed by atoms with E-state index in [9.17, 15) is 4.79 Å².